The number of hydrogen-bond acceptors (Lipinski definition) is 7. The van der Waals surface area contributed by atoms with Crippen LogP contribution in [-0.2, 0) is 6.54 Å². The maximum absolute atomic E-state index is 12.0. The van der Waals surface area contributed by atoms with Crippen LogP contribution in [0.15, 0.2) is 27.8 Å². The lowest BCUT2D eigenvalue weighted by molar-refractivity contribution is 0.174. The van der Waals surface area contributed by atoms with Crippen molar-refractivity contribution in [3.8, 4) is 11.5 Å². The first kappa shape index (κ1) is 15.0. The summed E-state index contributed by atoms with van der Waals surface area (Å²) in [5.74, 6) is 1.43. The second-order valence-corrected chi connectivity index (χ2v) is 6.21. The molecule has 24 heavy (non-hydrogen) atoms. The summed E-state index contributed by atoms with van der Waals surface area (Å²) in [5.41, 5.74) is 1.13. The van der Waals surface area contributed by atoms with Crippen LogP contribution in [0.3, 0.4) is 0 Å². The zero-order chi connectivity index (χ0) is 16.7. The zero-order valence-electron chi connectivity index (χ0n) is 13.5. The molecule has 2 aromatic carbocycles. The Morgan fingerprint density at radius 1 is 1.04 bits per heavy atom. The van der Waals surface area contributed by atoms with Gasteiger partial charge in [0.15, 0.2) is 11.5 Å². The highest BCUT2D eigenvalue weighted by Gasteiger charge is 2.27. The molecule has 126 valence electrons. The molecule has 0 saturated carbocycles. The van der Waals surface area contributed by atoms with Crippen LogP contribution in [-0.4, -0.2) is 44.9 Å². The number of nitrogens with zero attached hydrogens (tertiary/aromatic N) is 2. The van der Waals surface area contributed by atoms with Crippen LogP contribution < -0.4 is 30.5 Å². The minimum atomic E-state index is -0.426. The van der Waals surface area contributed by atoms with Crippen LogP contribution in [0.4, 0.5) is 11.4 Å². The molecule has 7 heteroatoms. The molecule has 1 saturated heterocycles. The van der Waals surface area contributed by atoms with E-state index < -0.39 is 5.43 Å². The summed E-state index contributed by atoms with van der Waals surface area (Å²) in [6, 6.07) is 5.65. The molecule has 0 radical (unpaired) electrons. The van der Waals surface area contributed by atoms with Gasteiger partial charge in [0.05, 0.1) is 0 Å². The predicted octanol–water partition coefficient (Wildman–Crippen LogP) is 0.375. The molecule has 2 aromatic rings. The van der Waals surface area contributed by atoms with Gasteiger partial charge in [-0.1, -0.05) is 6.07 Å². The zero-order valence-corrected chi connectivity index (χ0v) is 13.5. The van der Waals surface area contributed by atoms with E-state index in [-0.39, 0.29) is 12.2 Å². The smallest absolute Gasteiger partial charge is 0.253 e. The van der Waals surface area contributed by atoms with E-state index in [9.17, 15) is 9.59 Å². The van der Waals surface area contributed by atoms with E-state index in [1.807, 2.05) is 23.1 Å². The van der Waals surface area contributed by atoms with Gasteiger partial charge in [-0.3, -0.25) is 9.59 Å². The van der Waals surface area contributed by atoms with E-state index in [0.29, 0.717) is 23.7 Å². The van der Waals surface area contributed by atoms with Crippen molar-refractivity contribution in [1.82, 2.24) is 4.90 Å². The van der Waals surface area contributed by atoms with Crippen molar-refractivity contribution in [2.24, 2.45) is 0 Å². The lowest BCUT2D eigenvalue weighted by Crippen LogP contribution is -2.50. The van der Waals surface area contributed by atoms with Gasteiger partial charge in [-0.2, -0.15) is 0 Å². The van der Waals surface area contributed by atoms with Gasteiger partial charge in [0, 0.05) is 32.7 Å². The topological polar surface area (TPSA) is 71.1 Å². The summed E-state index contributed by atoms with van der Waals surface area (Å²) < 4.78 is 10.6. The Bertz CT molecular complexity index is 833. The van der Waals surface area contributed by atoms with E-state index >= 15 is 0 Å². The number of fused-ring (bicyclic) bond motifs is 1. The van der Waals surface area contributed by atoms with Gasteiger partial charge in [0.1, 0.15) is 11.4 Å². The first-order valence-electron chi connectivity index (χ1n) is 8.02. The van der Waals surface area contributed by atoms with Gasteiger partial charge < -0.3 is 24.6 Å². The van der Waals surface area contributed by atoms with Gasteiger partial charge in [-0.15, -0.1) is 0 Å². The van der Waals surface area contributed by atoms with E-state index in [1.165, 1.54) is 0 Å². The van der Waals surface area contributed by atoms with Gasteiger partial charge in [-0.05, 0) is 24.7 Å². The summed E-state index contributed by atoms with van der Waals surface area (Å²) in [6.45, 7) is 4.00. The normalized spacial score (nSPS) is 17.5. The predicted molar refractivity (Wildman–Crippen MR) is 91.0 cm³/mol. The second kappa shape index (κ2) is 5.83. The van der Waals surface area contributed by atoms with E-state index in [1.54, 1.807) is 0 Å². The third-order valence-electron chi connectivity index (χ3n) is 4.61. The third-order valence-corrected chi connectivity index (χ3v) is 4.61. The molecule has 0 unspecified atom stereocenters. The maximum Gasteiger partial charge on any atom is 0.253 e. The molecule has 2 heterocycles. The Balaban J connectivity index is 1.48. The molecule has 1 N–H and O–H groups in total. The molecule has 0 aromatic heterocycles. The summed E-state index contributed by atoms with van der Waals surface area (Å²) in [6.07, 6.45) is 0. The summed E-state index contributed by atoms with van der Waals surface area (Å²) >= 11 is 0. The fraction of sp³-hybridized carbons (Fsp3) is 0.412. The molecule has 0 atom stereocenters. The van der Waals surface area contributed by atoms with Crippen LogP contribution >= 0.6 is 0 Å². The van der Waals surface area contributed by atoms with E-state index in [2.05, 4.69) is 17.3 Å². The standard InChI is InChI=1S/C17H19N3O4/c1-19-4-6-20(7-5-19)15-14(16(21)17(15)22)18-9-11-2-3-12-13(8-11)24-10-23-12/h2-3,8,18H,4-7,9-10H2,1H3. The number of rotatable bonds is 4. The first-order chi connectivity index (χ1) is 11.6. The molecule has 1 fully saturated rings. The number of nitrogens with one attached hydrogen (secondary N) is 1. The molecule has 2 aliphatic heterocycles. The highest BCUT2D eigenvalue weighted by atomic mass is 16.7. The molecular formula is C17H19N3O4. The van der Waals surface area contributed by atoms with Crippen molar-refractivity contribution >= 4 is 11.4 Å². The SMILES string of the molecule is CN1CCN(c2c(NCc3ccc4c(c3)OCO4)c(=O)c2=O)CC1. The fourth-order valence-corrected chi connectivity index (χ4v) is 3.12. The van der Waals surface area contributed by atoms with Crippen molar-refractivity contribution in [2.75, 3.05) is 50.2 Å². The van der Waals surface area contributed by atoms with Crippen LogP contribution in [0.1, 0.15) is 5.56 Å². The molecular weight excluding hydrogens is 310 g/mol. The lowest BCUT2D eigenvalue weighted by atomic mass is 10.1. The van der Waals surface area contributed by atoms with Crippen LogP contribution in [0.25, 0.3) is 0 Å². The lowest BCUT2D eigenvalue weighted by Gasteiger charge is -2.35. The fourth-order valence-electron chi connectivity index (χ4n) is 3.12. The maximum atomic E-state index is 12.0. The monoisotopic (exact) mass is 329 g/mol. The van der Waals surface area contributed by atoms with Crippen molar-refractivity contribution in [2.45, 2.75) is 6.54 Å². The van der Waals surface area contributed by atoms with Crippen molar-refractivity contribution in [3.63, 3.8) is 0 Å². The van der Waals surface area contributed by atoms with Crippen LogP contribution in [0.2, 0.25) is 0 Å². The number of benzene rings is 1. The molecule has 0 bridgehead atoms. The number of hydrogen-bond donors (Lipinski definition) is 1. The van der Waals surface area contributed by atoms with Crippen molar-refractivity contribution < 1.29 is 9.47 Å². The Labute approximate surface area is 139 Å². The van der Waals surface area contributed by atoms with Gasteiger partial charge in [-0.25, -0.2) is 0 Å². The Morgan fingerprint density at radius 3 is 2.58 bits per heavy atom. The molecule has 0 spiro atoms. The average molecular weight is 329 g/mol. The quantitative estimate of drug-likeness (QED) is 0.813. The van der Waals surface area contributed by atoms with Gasteiger partial charge in [0.25, 0.3) is 10.9 Å². The number of ether oxygens (including phenoxy) is 2. The Morgan fingerprint density at radius 2 is 1.79 bits per heavy atom. The van der Waals surface area contributed by atoms with Gasteiger partial charge in [0.2, 0.25) is 6.79 Å². The first-order valence-corrected chi connectivity index (χ1v) is 8.02. The molecule has 0 aliphatic carbocycles. The molecule has 0 amide bonds. The van der Waals surface area contributed by atoms with E-state index in [0.717, 1.165) is 37.5 Å². The van der Waals surface area contributed by atoms with Gasteiger partial charge >= 0.3 is 0 Å². The number of likely N-dealkylation sites (N-methyl/N-ethyl adjacent to an activating group) is 1. The minimum absolute atomic E-state index is 0.234. The summed E-state index contributed by atoms with van der Waals surface area (Å²) in [5, 5.41) is 3.12. The second-order valence-electron chi connectivity index (χ2n) is 6.21. The van der Waals surface area contributed by atoms with Crippen LogP contribution in [0.5, 0.6) is 11.5 Å². The highest BCUT2D eigenvalue weighted by molar-refractivity contribution is 5.75. The Kier molecular flexibility index (Phi) is 3.65. The number of piperazine rings is 1. The molecule has 2 aliphatic rings. The minimum Gasteiger partial charge on any atom is -0.454 e. The number of anilines is 2. The summed E-state index contributed by atoms with van der Waals surface area (Å²) in [7, 11) is 2.05. The van der Waals surface area contributed by atoms with Crippen molar-refractivity contribution in [1.29, 1.82) is 0 Å². The summed E-state index contributed by atoms with van der Waals surface area (Å²) in [4.78, 5) is 28.1. The third kappa shape index (κ3) is 2.50. The molecule has 4 rings (SSSR count). The van der Waals surface area contributed by atoms with E-state index in [4.69, 9.17) is 9.47 Å². The largest absolute Gasteiger partial charge is 0.454 e. The molecule has 7 nitrogen and oxygen atoms in total. The van der Waals surface area contributed by atoms with Crippen LogP contribution in [0, 0.1) is 0 Å². The van der Waals surface area contributed by atoms with Crippen molar-refractivity contribution in [3.05, 3.63) is 44.2 Å². The highest BCUT2D eigenvalue weighted by Crippen LogP contribution is 2.32. The Hall–Kier alpha value is -2.54. The average Bonchev–Trinajstić information content (AvgIpc) is 3.06.